The van der Waals surface area contributed by atoms with Crippen molar-refractivity contribution in [2.75, 3.05) is 6.61 Å². The zero-order chi connectivity index (χ0) is 16.4. The molecule has 0 bridgehead atoms. The van der Waals surface area contributed by atoms with Crippen LogP contribution in [0.5, 0.6) is 0 Å². The quantitative estimate of drug-likeness (QED) is 0.680. The average Bonchev–Trinajstić information content (AvgIpc) is 3.00. The first-order valence-corrected chi connectivity index (χ1v) is 7.56. The van der Waals surface area contributed by atoms with Crippen LogP contribution >= 0.6 is 0 Å². The molecule has 1 aromatic carbocycles. The van der Waals surface area contributed by atoms with Crippen molar-refractivity contribution in [2.45, 2.75) is 26.3 Å². The number of nitrogens with zero attached hydrogens (tertiary/aromatic N) is 2. The molecule has 0 fully saturated rings. The second-order valence-corrected chi connectivity index (χ2v) is 5.26. The fraction of sp³-hybridized carbons (Fsp3) is 0.294. The maximum Gasteiger partial charge on any atom is 0.305 e. The molecule has 0 N–H and O–H groups in total. The van der Waals surface area contributed by atoms with E-state index >= 15 is 0 Å². The molecule has 0 aliphatic heterocycles. The molecule has 5 nitrogen and oxygen atoms in total. The normalized spacial score (nSPS) is 11.2. The fourth-order valence-corrected chi connectivity index (χ4v) is 2.77. The second kappa shape index (κ2) is 6.24. The molecule has 0 saturated carbocycles. The highest BCUT2D eigenvalue weighted by Gasteiger charge is 2.12. The minimum absolute atomic E-state index is 0.197. The van der Waals surface area contributed by atoms with Crippen LogP contribution in [0, 0.1) is 5.82 Å². The lowest BCUT2D eigenvalue weighted by Crippen LogP contribution is -2.23. The fourth-order valence-electron chi connectivity index (χ4n) is 2.77. The Morgan fingerprint density at radius 1 is 1.22 bits per heavy atom. The molecule has 120 valence electrons. The minimum atomic E-state index is -0.400. The van der Waals surface area contributed by atoms with Gasteiger partial charge in [-0.2, -0.15) is 0 Å². The van der Waals surface area contributed by atoms with Crippen molar-refractivity contribution in [3.8, 4) is 0 Å². The Kier molecular flexibility index (Phi) is 4.14. The Morgan fingerprint density at radius 2 is 2.04 bits per heavy atom. The van der Waals surface area contributed by atoms with Gasteiger partial charge >= 0.3 is 5.97 Å². The van der Waals surface area contributed by atoms with Crippen LogP contribution in [0.25, 0.3) is 16.6 Å². The number of esters is 1. The summed E-state index contributed by atoms with van der Waals surface area (Å²) < 4.78 is 21.8. The Bertz CT molecular complexity index is 927. The molecule has 0 saturated heterocycles. The van der Waals surface area contributed by atoms with Gasteiger partial charge in [0.05, 0.1) is 17.6 Å². The van der Waals surface area contributed by atoms with E-state index in [4.69, 9.17) is 4.74 Å². The van der Waals surface area contributed by atoms with Gasteiger partial charge in [-0.25, -0.2) is 4.39 Å². The lowest BCUT2D eigenvalue weighted by atomic mass is 10.2. The molecule has 0 radical (unpaired) electrons. The maximum atomic E-state index is 13.6. The van der Waals surface area contributed by atoms with E-state index in [2.05, 4.69) is 0 Å². The van der Waals surface area contributed by atoms with Crippen molar-refractivity contribution >= 4 is 22.5 Å². The van der Waals surface area contributed by atoms with Gasteiger partial charge in [-0.15, -0.1) is 0 Å². The molecule has 0 aliphatic carbocycles. The topological polar surface area (TPSA) is 52.7 Å². The zero-order valence-corrected chi connectivity index (χ0v) is 12.8. The van der Waals surface area contributed by atoms with E-state index in [-0.39, 0.29) is 17.9 Å². The van der Waals surface area contributed by atoms with Crippen molar-refractivity contribution in [3.05, 3.63) is 52.7 Å². The second-order valence-electron chi connectivity index (χ2n) is 5.26. The molecule has 2 aromatic heterocycles. The van der Waals surface area contributed by atoms with E-state index in [9.17, 15) is 14.0 Å². The lowest BCUT2D eigenvalue weighted by molar-refractivity contribution is -0.143. The van der Waals surface area contributed by atoms with Crippen molar-refractivity contribution < 1.29 is 13.9 Å². The van der Waals surface area contributed by atoms with E-state index in [0.717, 1.165) is 5.52 Å². The molecule has 23 heavy (non-hydrogen) atoms. The van der Waals surface area contributed by atoms with Crippen LogP contribution in [0.15, 0.2) is 41.3 Å². The number of carbonyl (C=O) groups is 1. The maximum absolute atomic E-state index is 13.6. The van der Waals surface area contributed by atoms with Gasteiger partial charge in [0.2, 0.25) is 0 Å². The van der Waals surface area contributed by atoms with Gasteiger partial charge in [-0.3, -0.25) is 9.59 Å². The van der Waals surface area contributed by atoms with Crippen molar-refractivity contribution in [2.24, 2.45) is 0 Å². The summed E-state index contributed by atoms with van der Waals surface area (Å²) in [5.41, 5.74) is 1.60. The van der Waals surface area contributed by atoms with Crippen molar-refractivity contribution in [1.29, 1.82) is 0 Å². The van der Waals surface area contributed by atoms with Gasteiger partial charge < -0.3 is 13.7 Å². The Morgan fingerprint density at radius 3 is 2.83 bits per heavy atom. The largest absolute Gasteiger partial charge is 0.466 e. The van der Waals surface area contributed by atoms with Crippen molar-refractivity contribution in [1.82, 2.24) is 8.97 Å². The summed E-state index contributed by atoms with van der Waals surface area (Å²) in [6.07, 6.45) is 2.46. The number of fused-ring (bicyclic) bond motifs is 3. The molecule has 6 heteroatoms. The number of aromatic nitrogens is 2. The van der Waals surface area contributed by atoms with Crippen LogP contribution in [0.3, 0.4) is 0 Å². The van der Waals surface area contributed by atoms with Crippen LogP contribution in [-0.4, -0.2) is 21.5 Å². The molecule has 3 aromatic rings. The van der Waals surface area contributed by atoms with E-state index < -0.39 is 5.82 Å². The summed E-state index contributed by atoms with van der Waals surface area (Å²) in [6, 6.07) is 7.88. The highest BCUT2D eigenvalue weighted by atomic mass is 19.1. The minimum Gasteiger partial charge on any atom is -0.466 e. The predicted octanol–water partition coefficient (Wildman–Crippen LogP) is 2.74. The first-order chi connectivity index (χ1) is 11.1. The van der Waals surface area contributed by atoms with E-state index in [1.807, 2.05) is 0 Å². The Hall–Kier alpha value is -2.63. The predicted molar refractivity (Wildman–Crippen MR) is 85.0 cm³/mol. The van der Waals surface area contributed by atoms with Crippen LogP contribution in [0.4, 0.5) is 4.39 Å². The number of halogens is 1. The lowest BCUT2D eigenvalue weighted by Gasteiger charge is -2.12. The average molecular weight is 316 g/mol. The van der Waals surface area contributed by atoms with E-state index in [1.54, 1.807) is 35.7 Å². The number of carbonyl (C=O) groups excluding carboxylic acids is 1. The van der Waals surface area contributed by atoms with Crippen LogP contribution < -0.4 is 5.56 Å². The Balaban J connectivity index is 2.03. The molecule has 0 unspecified atom stereocenters. The van der Waals surface area contributed by atoms with E-state index in [1.165, 1.54) is 16.7 Å². The molecule has 0 amide bonds. The Labute approximate surface area is 131 Å². The number of rotatable bonds is 5. The first kappa shape index (κ1) is 15.3. The van der Waals surface area contributed by atoms with Crippen LogP contribution in [-0.2, 0) is 16.1 Å². The summed E-state index contributed by atoms with van der Waals surface area (Å²) in [7, 11) is 0. The van der Waals surface area contributed by atoms with Crippen LogP contribution in [0.1, 0.15) is 19.8 Å². The summed E-state index contributed by atoms with van der Waals surface area (Å²) in [5, 5.41) is 0. The van der Waals surface area contributed by atoms with Gasteiger partial charge in [0.1, 0.15) is 11.3 Å². The summed E-state index contributed by atoms with van der Waals surface area (Å²) >= 11 is 0. The van der Waals surface area contributed by atoms with Crippen molar-refractivity contribution in [3.63, 3.8) is 0 Å². The number of hydrogen-bond donors (Lipinski definition) is 0. The third kappa shape index (κ3) is 2.84. The molecular formula is C17H17FN2O3. The standard InChI is InChI=1S/C17H17FN2O3/c1-2-23-16(21)6-4-10-20-15-11-12(18)7-8-13(15)19-9-3-5-14(19)17(20)22/h3,5,7-9,11H,2,4,6,10H2,1H3. The van der Waals surface area contributed by atoms with Gasteiger partial charge in [0.15, 0.2) is 0 Å². The zero-order valence-electron chi connectivity index (χ0n) is 12.8. The molecule has 0 atom stereocenters. The first-order valence-electron chi connectivity index (χ1n) is 7.56. The summed E-state index contributed by atoms with van der Waals surface area (Å²) in [5.74, 6) is -0.692. The number of ether oxygens (including phenoxy) is 1. The third-order valence-corrected chi connectivity index (χ3v) is 3.77. The van der Waals surface area contributed by atoms with Gasteiger partial charge in [0.25, 0.3) is 5.56 Å². The molecule has 0 aliphatic rings. The molecule has 3 rings (SSSR count). The number of benzene rings is 1. The number of hydrogen-bond acceptors (Lipinski definition) is 3. The van der Waals surface area contributed by atoms with Crippen LogP contribution in [0.2, 0.25) is 0 Å². The van der Waals surface area contributed by atoms with Gasteiger partial charge in [-0.05, 0) is 43.7 Å². The summed E-state index contributed by atoms with van der Waals surface area (Å²) in [4.78, 5) is 24.1. The smallest absolute Gasteiger partial charge is 0.305 e. The van der Waals surface area contributed by atoms with Gasteiger partial charge in [0, 0.05) is 19.2 Å². The monoisotopic (exact) mass is 316 g/mol. The molecule has 0 spiro atoms. The SMILES string of the molecule is CCOC(=O)CCCn1c(=O)c2cccn2c2ccc(F)cc21. The molecule has 2 heterocycles. The van der Waals surface area contributed by atoms with Gasteiger partial charge in [-0.1, -0.05) is 0 Å². The number of aryl methyl sites for hydroxylation is 1. The summed E-state index contributed by atoms with van der Waals surface area (Å²) in [6.45, 7) is 2.42. The third-order valence-electron chi connectivity index (χ3n) is 3.77. The van der Waals surface area contributed by atoms with E-state index in [0.29, 0.717) is 30.6 Å². The highest BCUT2D eigenvalue weighted by Crippen LogP contribution is 2.17. The highest BCUT2D eigenvalue weighted by molar-refractivity contribution is 5.79. The molecular weight excluding hydrogens is 299 g/mol.